The fourth-order valence-electron chi connectivity index (χ4n) is 1.70. The molecule has 0 saturated carbocycles. The first-order chi connectivity index (χ1) is 9.94. The molecule has 21 heavy (non-hydrogen) atoms. The summed E-state index contributed by atoms with van der Waals surface area (Å²) < 4.78 is 38.9. The Balaban J connectivity index is 2.36. The first-order valence-corrected chi connectivity index (χ1v) is 6.68. The van der Waals surface area contributed by atoms with Crippen molar-refractivity contribution < 1.29 is 13.2 Å². The predicted molar refractivity (Wildman–Crippen MR) is 72.3 cm³/mol. The molecule has 1 N–H and O–H groups in total. The Hall–Kier alpha value is -2.12. The van der Waals surface area contributed by atoms with Gasteiger partial charge in [-0.05, 0) is 6.42 Å². The first-order valence-electron chi connectivity index (χ1n) is 6.68. The standard InChI is InChI=1S/C13H16F3N5/c1-3-5-17-11-6-12(20-10(4-2)19-11)21-8-9(7-18-21)13(14,15)16/h6-8H,3-5H2,1-2H3,(H,17,19,20). The lowest BCUT2D eigenvalue weighted by Crippen LogP contribution is -2.09. The van der Waals surface area contributed by atoms with E-state index in [1.54, 1.807) is 6.07 Å². The van der Waals surface area contributed by atoms with Crippen LogP contribution >= 0.6 is 0 Å². The van der Waals surface area contributed by atoms with Gasteiger partial charge in [-0.2, -0.15) is 18.3 Å². The number of nitrogens with zero attached hydrogens (tertiary/aromatic N) is 4. The van der Waals surface area contributed by atoms with Crippen molar-refractivity contribution in [3.05, 3.63) is 29.8 Å². The van der Waals surface area contributed by atoms with Gasteiger partial charge in [0.1, 0.15) is 11.6 Å². The van der Waals surface area contributed by atoms with Gasteiger partial charge in [0.25, 0.3) is 0 Å². The molecule has 2 aromatic rings. The second-order valence-corrected chi connectivity index (χ2v) is 4.48. The molecule has 0 aromatic carbocycles. The Morgan fingerprint density at radius 2 is 2.00 bits per heavy atom. The van der Waals surface area contributed by atoms with Crippen molar-refractivity contribution in [2.45, 2.75) is 32.9 Å². The number of anilines is 1. The minimum absolute atomic E-state index is 0.316. The summed E-state index contributed by atoms with van der Waals surface area (Å²) >= 11 is 0. The van der Waals surface area contributed by atoms with Gasteiger partial charge < -0.3 is 5.32 Å². The van der Waals surface area contributed by atoms with Gasteiger partial charge in [0.15, 0.2) is 5.82 Å². The van der Waals surface area contributed by atoms with Crippen LogP contribution in [0.15, 0.2) is 18.5 Å². The van der Waals surface area contributed by atoms with Gasteiger partial charge in [-0.1, -0.05) is 13.8 Å². The van der Waals surface area contributed by atoms with Gasteiger partial charge in [0.2, 0.25) is 0 Å². The molecule has 0 atom stereocenters. The molecule has 0 saturated heterocycles. The maximum absolute atomic E-state index is 12.6. The number of aryl methyl sites for hydroxylation is 1. The molecule has 0 aliphatic rings. The maximum atomic E-state index is 12.6. The molecule has 0 amide bonds. The molecule has 8 heteroatoms. The van der Waals surface area contributed by atoms with Gasteiger partial charge in [-0.25, -0.2) is 14.6 Å². The molecule has 0 bridgehead atoms. The van der Waals surface area contributed by atoms with E-state index in [0.29, 0.717) is 23.9 Å². The van der Waals surface area contributed by atoms with E-state index < -0.39 is 11.7 Å². The lowest BCUT2D eigenvalue weighted by atomic mass is 10.3. The Bertz CT molecular complexity index is 606. The number of aromatic nitrogens is 4. The minimum Gasteiger partial charge on any atom is -0.370 e. The monoisotopic (exact) mass is 299 g/mol. The van der Waals surface area contributed by atoms with Crippen LogP contribution in [0.3, 0.4) is 0 Å². The highest BCUT2D eigenvalue weighted by molar-refractivity contribution is 5.41. The molecule has 0 aliphatic carbocycles. The molecular weight excluding hydrogens is 283 g/mol. The minimum atomic E-state index is -4.41. The number of alkyl halides is 3. The highest BCUT2D eigenvalue weighted by Crippen LogP contribution is 2.29. The van der Waals surface area contributed by atoms with Crippen LogP contribution in [0.5, 0.6) is 0 Å². The topological polar surface area (TPSA) is 55.6 Å². The molecular formula is C13H16F3N5. The van der Waals surface area contributed by atoms with Crippen LogP contribution in [0.25, 0.3) is 5.82 Å². The average molecular weight is 299 g/mol. The van der Waals surface area contributed by atoms with Crippen LogP contribution in [0, 0.1) is 0 Å². The van der Waals surface area contributed by atoms with Gasteiger partial charge in [0, 0.05) is 25.2 Å². The summed E-state index contributed by atoms with van der Waals surface area (Å²) in [6.07, 6.45) is -1.21. The van der Waals surface area contributed by atoms with Crippen LogP contribution in [0.2, 0.25) is 0 Å². The number of hydrogen-bond acceptors (Lipinski definition) is 4. The summed E-state index contributed by atoms with van der Waals surface area (Å²) in [5, 5.41) is 6.83. The van der Waals surface area contributed by atoms with Crippen LogP contribution in [-0.2, 0) is 12.6 Å². The highest BCUT2D eigenvalue weighted by atomic mass is 19.4. The lowest BCUT2D eigenvalue weighted by molar-refractivity contribution is -0.137. The van der Waals surface area contributed by atoms with Crippen LogP contribution < -0.4 is 5.32 Å². The molecule has 0 radical (unpaired) electrons. The molecule has 0 spiro atoms. The Morgan fingerprint density at radius 1 is 1.24 bits per heavy atom. The summed E-state index contributed by atoms with van der Waals surface area (Å²) in [6, 6.07) is 1.59. The molecule has 2 aromatic heterocycles. The molecule has 5 nitrogen and oxygen atoms in total. The van der Waals surface area contributed by atoms with Crippen LogP contribution in [0.4, 0.5) is 19.0 Å². The largest absolute Gasteiger partial charge is 0.419 e. The van der Waals surface area contributed by atoms with E-state index in [1.807, 2.05) is 13.8 Å². The quantitative estimate of drug-likeness (QED) is 0.922. The van der Waals surface area contributed by atoms with Crippen molar-refractivity contribution >= 4 is 5.82 Å². The number of rotatable bonds is 5. The van der Waals surface area contributed by atoms with Crippen molar-refractivity contribution in [1.29, 1.82) is 0 Å². The van der Waals surface area contributed by atoms with E-state index in [-0.39, 0.29) is 0 Å². The summed E-state index contributed by atoms with van der Waals surface area (Å²) in [5.74, 6) is 1.45. The summed E-state index contributed by atoms with van der Waals surface area (Å²) in [7, 11) is 0. The van der Waals surface area contributed by atoms with E-state index in [4.69, 9.17) is 0 Å². The zero-order chi connectivity index (χ0) is 15.5. The van der Waals surface area contributed by atoms with Crippen molar-refractivity contribution in [3.8, 4) is 5.82 Å². The fourth-order valence-corrected chi connectivity index (χ4v) is 1.70. The average Bonchev–Trinajstić information content (AvgIpc) is 2.94. The number of nitrogens with one attached hydrogen (secondary N) is 1. The van der Waals surface area contributed by atoms with Crippen molar-refractivity contribution in [1.82, 2.24) is 19.7 Å². The lowest BCUT2D eigenvalue weighted by Gasteiger charge is -2.08. The smallest absolute Gasteiger partial charge is 0.370 e. The molecule has 114 valence electrons. The highest BCUT2D eigenvalue weighted by Gasteiger charge is 2.32. The predicted octanol–water partition coefficient (Wildman–Crippen LogP) is 3.07. The third-order valence-electron chi connectivity index (χ3n) is 2.78. The molecule has 2 rings (SSSR count). The second-order valence-electron chi connectivity index (χ2n) is 4.48. The van der Waals surface area contributed by atoms with Gasteiger partial charge in [0.05, 0.1) is 11.8 Å². The van der Waals surface area contributed by atoms with Crippen molar-refractivity contribution in [2.24, 2.45) is 0 Å². The third kappa shape index (κ3) is 3.71. The first kappa shape index (κ1) is 15.3. The summed E-state index contributed by atoms with van der Waals surface area (Å²) in [4.78, 5) is 8.49. The molecule has 0 aliphatic heterocycles. The zero-order valence-electron chi connectivity index (χ0n) is 11.8. The number of hydrogen-bond donors (Lipinski definition) is 1. The maximum Gasteiger partial charge on any atom is 0.419 e. The Kier molecular flexibility index (Phi) is 4.44. The van der Waals surface area contributed by atoms with Crippen LogP contribution in [0.1, 0.15) is 31.7 Å². The van der Waals surface area contributed by atoms with E-state index in [2.05, 4.69) is 20.4 Å². The van der Waals surface area contributed by atoms with E-state index >= 15 is 0 Å². The SMILES string of the molecule is CCCNc1cc(-n2cc(C(F)(F)F)cn2)nc(CC)n1. The summed E-state index contributed by atoms with van der Waals surface area (Å²) in [5.41, 5.74) is -0.803. The Morgan fingerprint density at radius 3 is 2.57 bits per heavy atom. The van der Waals surface area contributed by atoms with Crippen LogP contribution in [-0.4, -0.2) is 26.3 Å². The Labute approximate surface area is 120 Å². The van der Waals surface area contributed by atoms with Gasteiger partial charge >= 0.3 is 6.18 Å². The van der Waals surface area contributed by atoms with E-state index in [9.17, 15) is 13.2 Å². The second kappa shape index (κ2) is 6.11. The van der Waals surface area contributed by atoms with Crippen molar-refractivity contribution in [2.75, 3.05) is 11.9 Å². The van der Waals surface area contributed by atoms with Crippen molar-refractivity contribution in [3.63, 3.8) is 0 Å². The number of halogens is 3. The fraction of sp³-hybridized carbons (Fsp3) is 0.462. The molecule has 0 unspecified atom stereocenters. The normalized spacial score (nSPS) is 11.7. The molecule has 2 heterocycles. The van der Waals surface area contributed by atoms with E-state index in [1.165, 1.54) is 0 Å². The van der Waals surface area contributed by atoms with Gasteiger partial charge in [-0.15, -0.1) is 0 Å². The van der Waals surface area contributed by atoms with E-state index in [0.717, 1.165) is 30.0 Å². The van der Waals surface area contributed by atoms with Gasteiger partial charge in [-0.3, -0.25) is 0 Å². The zero-order valence-corrected chi connectivity index (χ0v) is 11.8. The summed E-state index contributed by atoms with van der Waals surface area (Å²) in [6.45, 7) is 4.62. The molecule has 0 fully saturated rings. The third-order valence-corrected chi connectivity index (χ3v) is 2.78.